The number of carboxylic acid groups (broad SMARTS) is 1. The molecule has 1 atom stereocenters. The molecule has 4 heteroatoms. The van der Waals surface area contributed by atoms with Crippen molar-refractivity contribution in [1.82, 2.24) is 0 Å². The molecule has 1 aromatic rings. The van der Waals surface area contributed by atoms with Crippen LogP contribution in [0.25, 0.3) is 0 Å². The van der Waals surface area contributed by atoms with Gasteiger partial charge in [0.05, 0.1) is 0 Å². The Hall–Kier alpha value is -0.610. The maximum Gasteiger partial charge on any atom is 0.319 e. The summed E-state index contributed by atoms with van der Waals surface area (Å²) in [5.41, 5.74) is 1.38. The number of benzene rings is 1. The molecule has 0 aliphatic carbocycles. The molecule has 17 heavy (non-hydrogen) atoms. The summed E-state index contributed by atoms with van der Waals surface area (Å²) in [6, 6.07) is 8.43. The molecule has 2 rings (SSSR count). The Morgan fingerprint density at radius 3 is 2.94 bits per heavy atom. The smallest absolute Gasteiger partial charge is 0.319 e. The fourth-order valence-corrected chi connectivity index (χ4v) is 4.18. The van der Waals surface area contributed by atoms with Gasteiger partial charge in [-0.1, -0.05) is 18.2 Å². The van der Waals surface area contributed by atoms with E-state index in [1.54, 1.807) is 13.8 Å². The predicted octanol–water partition coefficient (Wildman–Crippen LogP) is 3.47. The minimum absolute atomic E-state index is 0.486. The van der Waals surface area contributed by atoms with Gasteiger partial charge in [0, 0.05) is 22.3 Å². The summed E-state index contributed by atoms with van der Waals surface area (Å²) in [6.45, 7) is 3.54. The van der Waals surface area contributed by atoms with E-state index < -0.39 is 10.7 Å². The van der Waals surface area contributed by atoms with Crippen molar-refractivity contribution in [2.45, 2.75) is 29.4 Å². The van der Waals surface area contributed by atoms with Crippen molar-refractivity contribution in [1.29, 1.82) is 0 Å². The van der Waals surface area contributed by atoms with Crippen molar-refractivity contribution in [3.8, 4) is 0 Å². The van der Waals surface area contributed by atoms with E-state index in [4.69, 9.17) is 5.11 Å². The molecule has 1 aliphatic heterocycles. The highest BCUT2D eigenvalue weighted by molar-refractivity contribution is 8.01. The predicted molar refractivity (Wildman–Crippen MR) is 74.1 cm³/mol. The number of hydrogen-bond donors (Lipinski definition) is 1. The van der Waals surface area contributed by atoms with Gasteiger partial charge in [-0.3, -0.25) is 4.79 Å². The lowest BCUT2D eigenvalue weighted by Gasteiger charge is -2.20. The topological polar surface area (TPSA) is 37.3 Å². The minimum atomic E-state index is -0.735. The first-order valence-corrected chi connectivity index (χ1v) is 7.57. The number of carboxylic acids is 1. The monoisotopic (exact) mass is 268 g/mol. The molecule has 92 valence electrons. The van der Waals surface area contributed by atoms with Crippen LogP contribution >= 0.6 is 23.5 Å². The summed E-state index contributed by atoms with van der Waals surface area (Å²) in [4.78, 5) is 12.4. The van der Waals surface area contributed by atoms with Crippen molar-refractivity contribution in [2.75, 3.05) is 11.5 Å². The Bertz CT molecular complexity index is 429. The molecule has 1 aromatic carbocycles. The van der Waals surface area contributed by atoms with Gasteiger partial charge in [-0.05, 0) is 25.5 Å². The highest BCUT2D eigenvalue weighted by atomic mass is 32.2. The molecule has 2 nitrogen and oxygen atoms in total. The lowest BCUT2D eigenvalue weighted by atomic mass is 10.0. The summed E-state index contributed by atoms with van der Waals surface area (Å²) in [7, 11) is 0. The van der Waals surface area contributed by atoms with E-state index in [1.165, 1.54) is 22.2 Å². The minimum Gasteiger partial charge on any atom is -0.480 e. The van der Waals surface area contributed by atoms with Gasteiger partial charge >= 0.3 is 5.97 Å². The van der Waals surface area contributed by atoms with E-state index in [9.17, 15) is 4.79 Å². The molecule has 0 radical (unpaired) electrons. The zero-order valence-corrected chi connectivity index (χ0v) is 11.6. The molecular weight excluding hydrogens is 252 g/mol. The molecule has 1 N–H and O–H groups in total. The number of fused-ring (bicyclic) bond motifs is 1. The van der Waals surface area contributed by atoms with Crippen LogP contribution in [0.4, 0.5) is 0 Å². The van der Waals surface area contributed by atoms with Crippen LogP contribution in [0.15, 0.2) is 29.2 Å². The third kappa shape index (κ3) is 2.80. The van der Waals surface area contributed by atoms with Crippen LogP contribution in [0.2, 0.25) is 0 Å². The molecule has 0 saturated heterocycles. The van der Waals surface area contributed by atoms with Crippen LogP contribution in [0.1, 0.15) is 25.3 Å². The molecule has 0 fully saturated rings. The molecule has 0 amide bonds. The van der Waals surface area contributed by atoms with Gasteiger partial charge in [0.2, 0.25) is 0 Å². The van der Waals surface area contributed by atoms with Crippen LogP contribution in [-0.2, 0) is 4.79 Å². The van der Waals surface area contributed by atoms with Gasteiger partial charge < -0.3 is 5.11 Å². The fraction of sp³-hybridized carbons (Fsp3) is 0.462. The Kier molecular flexibility index (Phi) is 3.73. The summed E-state index contributed by atoms with van der Waals surface area (Å²) in [6.07, 6.45) is 0. The van der Waals surface area contributed by atoms with E-state index in [-0.39, 0.29) is 0 Å². The quantitative estimate of drug-likeness (QED) is 0.907. The summed E-state index contributed by atoms with van der Waals surface area (Å²) < 4.78 is -0.692. The molecule has 0 spiro atoms. The highest BCUT2D eigenvalue weighted by Crippen LogP contribution is 2.42. The van der Waals surface area contributed by atoms with Gasteiger partial charge in [0.15, 0.2) is 0 Å². The number of rotatable bonds is 4. The second kappa shape index (κ2) is 4.94. The van der Waals surface area contributed by atoms with Gasteiger partial charge in [0.25, 0.3) is 0 Å². The number of aliphatic carboxylic acids is 1. The molecule has 1 unspecified atom stereocenters. The van der Waals surface area contributed by atoms with Gasteiger partial charge in [0.1, 0.15) is 4.75 Å². The molecular formula is C13H16O2S2. The van der Waals surface area contributed by atoms with Gasteiger partial charge in [-0.25, -0.2) is 0 Å². The SMILES string of the molecule is CC(C)(SCC1CSc2ccccc21)C(=O)O. The molecule has 0 saturated carbocycles. The van der Waals surface area contributed by atoms with Crippen molar-refractivity contribution in [3.63, 3.8) is 0 Å². The second-order valence-corrected chi connectivity index (χ2v) is 7.38. The van der Waals surface area contributed by atoms with E-state index in [1.807, 2.05) is 11.8 Å². The van der Waals surface area contributed by atoms with E-state index >= 15 is 0 Å². The lowest BCUT2D eigenvalue weighted by molar-refractivity contribution is -0.138. The summed E-state index contributed by atoms with van der Waals surface area (Å²) in [5, 5.41) is 9.08. The highest BCUT2D eigenvalue weighted by Gasteiger charge is 2.31. The Morgan fingerprint density at radius 1 is 1.53 bits per heavy atom. The standard InChI is InChI=1S/C13H16O2S2/c1-13(2,12(14)15)17-8-9-7-16-11-6-4-3-5-10(9)11/h3-6,9H,7-8H2,1-2H3,(H,14,15). The second-order valence-electron chi connectivity index (χ2n) is 4.67. The van der Waals surface area contributed by atoms with E-state index in [0.717, 1.165) is 11.5 Å². The van der Waals surface area contributed by atoms with Crippen LogP contribution in [0, 0.1) is 0 Å². The maximum absolute atomic E-state index is 11.0. The van der Waals surface area contributed by atoms with E-state index in [2.05, 4.69) is 24.3 Å². The van der Waals surface area contributed by atoms with Crippen molar-refractivity contribution in [3.05, 3.63) is 29.8 Å². The molecule has 1 aliphatic rings. The Balaban J connectivity index is 2.01. The average molecular weight is 268 g/mol. The van der Waals surface area contributed by atoms with Gasteiger partial charge in [-0.2, -0.15) is 0 Å². The Morgan fingerprint density at radius 2 is 2.24 bits per heavy atom. The van der Waals surface area contributed by atoms with Crippen LogP contribution in [-0.4, -0.2) is 27.3 Å². The largest absolute Gasteiger partial charge is 0.480 e. The summed E-state index contributed by atoms with van der Waals surface area (Å²) in [5.74, 6) is 1.70. The third-order valence-corrected chi connectivity index (χ3v) is 5.68. The first-order valence-electron chi connectivity index (χ1n) is 5.60. The maximum atomic E-state index is 11.0. The average Bonchev–Trinajstić information content (AvgIpc) is 2.69. The molecule has 0 bridgehead atoms. The molecule has 0 aromatic heterocycles. The Labute approximate surface area is 110 Å². The zero-order chi connectivity index (χ0) is 12.5. The molecule has 1 heterocycles. The number of hydrogen-bond acceptors (Lipinski definition) is 3. The van der Waals surface area contributed by atoms with Crippen molar-refractivity contribution < 1.29 is 9.90 Å². The van der Waals surface area contributed by atoms with Crippen molar-refractivity contribution >= 4 is 29.5 Å². The number of thioether (sulfide) groups is 2. The first kappa shape index (κ1) is 12.8. The first-order chi connectivity index (χ1) is 8.00. The number of carbonyl (C=O) groups is 1. The zero-order valence-electron chi connectivity index (χ0n) is 9.97. The normalized spacial score (nSPS) is 19.1. The van der Waals surface area contributed by atoms with Crippen molar-refractivity contribution in [2.24, 2.45) is 0 Å². The third-order valence-electron chi connectivity index (χ3n) is 2.96. The van der Waals surface area contributed by atoms with Crippen LogP contribution < -0.4 is 0 Å². The fourth-order valence-electron chi connectivity index (χ4n) is 1.74. The van der Waals surface area contributed by atoms with Crippen LogP contribution in [0.5, 0.6) is 0 Å². The summed E-state index contributed by atoms with van der Waals surface area (Å²) >= 11 is 3.41. The lowest BCUT2D eigenvalue weighted by Crippen LogP contribution is -2.28. The van der Waals surface area contributed by atoms with Crippen LogP contribution in [0.3, 0.4) is 0 Å². The van der Waals surface area contributed by atoms with Gasteiger partial charge in [-0.15, -0.1) is 23.5 Å². The van der Waals surface area contributed by atoms with E-state index in [0.29, 0.717) is 5.92 Å².